The van der Waals surface area contributed by atoms with Crippen molar-refractivity contribution in [3.05, 3.63) is 29.8 Å². The van der Waals surface area contributed by atoms with Crippen LogP contribution in [0.1, 0.15) is 37.7 Å². The van der Waals surface area contributed by atoms with Gasteiger partial charge in [-0.15, -0.1) is 0 Å². The second-order valence-electron chi connectivity index (χ2n) is 5.76. The lowest BCUT2D eigenvalue weighted by Gasteiger charge is -2.13. The number of benzene rings is 1. The van der Waals surface area contributed by atoms with Crippen LogP contribution in [0.15, 0.2) is 24.3 Å². The Balaban J connectivity index is 1.83. The van der Waals surface area contributed by atoms with Crippen molar-refractivity contribution >= 4 is 23.4 Å². The van der Waals surface area contributed by atoms with Gasteiger partial charge in [-0.2, -0.15) is 11.8 Å². The molecular weight excluding hydrogens is 296 g/mol. The van der Waals surface area contributed by atoms with Gasteiger partial charge in [0.05, 0.1) is 12.5 Å². The molecule has 1 amide bonds. The summed E-state index contributed by atoms with van der Waals surface area (Å²) >= 11 is 2.03. The zero-order valence-corrected chi connectivity index (χ0v) is 14.0. The molecule has 1 saturated carbocycles. The number of nitrogens with two attached hydrogens (primary N) is 1. The highest BCUT2D eigenvalue weighted by Gasteiger charge is 2.15. The molecule has 4 nitrogen and oxygen atoms in total. The minimum Gasteiger partial charge on any atom is -0.380 e. The first kappa shape index (κ1) is 17.3. The maximum absolute atomic E-state index is 12.0. The van der Waals surface area contributed by atoms with Crippen LogP contribution < -0.4 is 11.1 Å². The first-order valence-electron chi connectivity index (χ1n) is 7.94. The first-order chi connectivity index (χ1) is 10.7. The molecule has 5 heteroatoms. The van der Waals surface area contributed by atoms with E-state index in [4.69, 9.17) is 10.5 Å². The van der Waals surface area contributed by atoms with Crippen molar-refractivity contribution in [2.75, 3.05) is 19.0 Å². The molecule has 2 rings (SSSR count). The quantitative estimate of drug-likeness (QED) is 0.771. The SMILES string of the molecule is COC(CN)CC(=O)Nc1cccc(CSC2CCCC2)c1. The molecule has 1 fully saturated rings. The molecule has 0 bridgehead atoms. The number of hydrogen-bond acceptors (Lipinski definition) is 4. The van der Waals surface area contributed by atoms with Crippen molar-refractivity contribution in [1.29, 1.82) is 0 Å². The molecule has 122 valence electrons. The van der Waals surface area contributed by atoms with Gasteiger partial charge in [0, 0.05) is 30.3 Å². The van der Waals surface area contributed by atoms with E-state index in [0.29, 0.717) is 6.54 Å². The number of thioether (sulfide) groups is 1. The largest absolute Gasteiger partial charge is 0.380 e. The second kappa shape index (κ2) is 9.18. The van der Waals surface area contributed by atoms with Crippen LogP contribution in [0.3, 0.4) is 0 Å². The van der Waals surface area contributed by atoms with Crippen LogP contribution in [-0.2, 0) is 15.3 Å². The maximum Gasteiger partial charge on any atom is 0.227 e. The molecule has 1 unspecified atom stereocenters. The molecule has 0 radical (unpaired) electrons. The van der Waals surface area contributed by atoms with Crippen molar-refractivity contribution in [2.24, 2.45) is 5.73 Å². The Morgan fingerprint density at radius 3 is 2.91 bits per heavy atom. The molecule has 1 aliphatic rings. The van der Waals surface area contributed by atoms with E-state index in [0.717, 1.165) is 16.7 Å². The van der Waals surface area contributed by atoms with E-state index in [9.17, 15) is 4.79 Å². The van der Waals surface area contributed by atoms with E-state index in [1.165, 1.54) is 31.2 Å². The second-order valence-corrected chi connectivity index (χ2v) is 7.05. The third kappa shape index (κ3) is 5.63. The van der Waals surface area contributed by atoms with Gasteiger partial charge in [0.1, 0.15) is 0 Å². The van der Waals surface area contributed by atoms with Crippen LogP contribution in [0, 0.1) is 0 Å². The van der Waals surface area contributed by atoms with Gasteiger partial charge < -0.3 is 15.8 Å². The molecule has 0 heterocycles. The van der Waals surface area contributed by atoms with E-state index in [-0.39, 0.29) is 18.4 Å². The average Bonchev–Trinajstić information content (AvgIpc) is 3.04. The lowest BCUT2D eigenvalue weighted by Crippen LogP contribution is -2.28. The molecule has 1 aromatic rings. The number of ether oxygens (including phenoxy) is 1. The molecular formula is C17H26N2O2S. The van der Waals surface area contributed by atoms with Crippen molar-refractivity contribution in [1.82, 2.24) is 0 Å². The number of methoxy groups -OCH3 is 1. The summed E-state index contributed by atoms with van der Waals surface area (Å²) in [6.45, 7) is 0.349. The molecule has 3 N–H and O–H groups in total. The van der Waals surface area contributed by atoms with Crippen molar-refractivity contribution in [3.8, 4) is 0 Å². The number of hydrogen-bond donors (Lipinski definition) is 2. The van der Waals surface area contributed by atoms with Gasteiger partial charge >= 0.3 is 0 Å². The standard InChI is InChI=1S/C17H26N2O2S/c1-21-15(11-18)10-17(20)19-14-6-4-5-13(9-14)12-22-16-7-2-3-8-16/h4-6,9,15-16H,2-3,7-8,10-12,18H2,1H3,(H,19,20). The third-order valence-electron chi connectivity index (χ3n) is 4.01. The summed E-state index contributed by atoms with van der Waals surface area (Å²) in [6, 6.07) is 8.10. The normalized spacial score (nSPS) is 16.6. The number of carbonyl (C=O) groups is 1. The van der Waals surface area contributed by atoms with Crippen LogP contribution in [-0.4, -0.2) is 30.9 Å². The van der Waals surface area contributed by atoms with Crippen molar-refractivity contribution in [2.45, 2.75) is 49.2 Å². The van der Waals surface area contributed by atoms with Gasteiger partial charge in [-0.1, -0.05) is 25.0 Å². The molecule has 1 atom stereocenters. The third-order valence-corrected chi connectivity index (χ3v) is 5.45. The Bertz CT molecular complexity index is 471. The predicted molar refractivity (Wildman–Crippen MR) is 93.1 cm³/mol. The molecule has 0 aliphatic heterocycles. The highest BCUT2D eigenvalue weighted by molar-refractivity contribution is 7.99. The highest BCUT2D eigenvalue weighted by atomic mass is 32.2. The van der Waals surface area contributed by atoms with Crippen LogP contribution >= 0.6 is 11.8 Å². The number of carbonyl (C=O) groups excluding carboxylic acids is 1. The zero-order chi connectivity index (χ0) is 15.8. The molecule has 22 heavy (non-hydrogen) atoms. The maximum atomic E-state index is 12.0. The summed E-state index contributed by atoms with van der Waals surface area (Å²) in [5.41, 5.74) is 7.65. The van der Waals surface area contributed by atoms with E-state index in [1.54, 1.807) is 7.11 Å². The Morgan fingerprint density at radius 1 is 1.45 bits per heavy atom. The molecule has 1 aliphatic carbocycles. The van der Waals surface area contributed by atoms with E-state index in [2.05, 4.69) is 17.4 Å². The monoisotopic (exact) mass is 322 g/mol. The number of anilines is 1. The Labute approximate surface area is 137 Å². The smallest absolute Gasteiger partial charge is 0.227 e. The molecule has 0 saturated heterocycles. The lowest BCUT2D eigenvalue weighted by molar-refractivity contribution is -0.118. The Hall–Kier alpha value is -1.04. The van der Waals surface area contributed by atoms with Crippen LogP contribution in [0.5, 0.6) is 0 Å². The number of rotatable bonds is 8. The van der Waals surface area contributed by atoms with Gasteiger partial charge in [0.25, 0.3) is 0 Å². The number of nitrogens with one attached hydrogen (secondary N) is 1. The summed E-state index contributed by atoms with van der Waals surface area (Å²) in [5, 5.41) is 3.74. The van der Waals surface area contributed by atoms with Gasteiger partial charge in [-0.25, -0.2) is 0 Å². The summed E-state index contributed by atoms with van der Waals surface area (Å²) < 4.78 is 5.14. The Kier molecular flexibility index (Phi) is 7.22. The minimum absolute atomic E-state index is 0.0575. The molecule has 1 aromatic carbocycles. The Morgan fingerprint density at radius 2 is 2.23 bits per heavy atom. The zero-order valence-electron chi connectivity index (χ0n) is 13.2. The van der Waals surface area contributed by atoms with Crippen LogP contribution in [0.4, 0.5) is 5.69 Å². The van der Waals surface area contributed by atoms with Crippen LogP contribution in [0.25, 0.3) is 0 Å². The lowest BCUT2D eigenvalue weighted by atomic mass is 10.2. The van der Waals surface area contributed by atoms with Gasteiger partial charge in [-0.05, 0) is 30.5 Å². The van der Waals surface area contributed by atoms with Crippen LogP contribution in [0.2, 0.25) is 0 Å². The molecule has 0 spiro atoms. The summed E-state index contributed by atoms with van der Waals surface area (Å²) in [4.78, 5) is 12.0. The first-order valence-corrected chi connectivity index (χ1v) is 8.99. The van der Waals surface area contributed by atoms with Gasteiger partial charge in [-0.3, -0.25) is 4.79 Å². The predicted octanol–water partition coefficient (Wildman–Crippen LogP) is 3.16. The fraction of sp³-hybridized carbons (Fsp3) is 0.588. The summed E-state index contributed by atoms with van der Waals surface area (Å²) in [6.07, 6.45) is 5.50. The van der Waals surface area contributed by atoms with Crippen molar-refractivity contribution < 1.29 is 9.53 Å². The fourth-order valence-corrected chi connectivity index (χ4v) is 3.96. The number of amides is 1. The topological polar surface area (TPSA) is 64.3 Å². The highest BCUT2D eigenvalue weighted by Crippen LogP contribution is 2.31. The summed E-state index contributed by atoms with van der Waals surface area (Å²) in [7, 11) is 1.58. The van der Waals surface area contributed by atoms with E-state index in [1.807, 2.05) is 23.9 Å². The van der Waals surface area contributed by atoms with Gasteiger partial charge in [0.2, 0.25) is 5.91 Å². The average molecular weight is 322 g/mol. The van der Waals surface area contributed by atoms with E-state index < -0.39 is 0 Å². The minimum atomic E-state index is -0.221. The van der Waals surface area contributed by atoms with Crippen molar-refractivity contribution in [3.63, 3.8) is 0 Å². The summed E-state index contributed by atoms with van der Waals surface area (Å²) in [5.74, 6) is 0.954. The van der Waals surface area contributed by atoms with E-state index >= 15 is 0 Å². The molecule has 0 aromatic heterocycles. The fourth-order valence-electron chi connectivity index (χ4n) is 2.69. The van der Waals surface area contributed by atoms with Gasteiger partial charge in [0.15, 0.2) is 0 Å².